The first-order valence-electron chi connectivity index (χ1n) is 3.55. The Morgan fingerprint density at radius 1 is 1.29 bits per heavy atom. The molecule has 0 N–H and O–H groups in total. The third-order valence-corrected chi connectivity index (χ3v) is 1.59. The SMILES string of the molecule is [CH2]C(=O)c1ccc(F)c(C(F)(F)F)c1. The van der Waals surface area contributed by atoms with Gasteiger partial charge in [-0.05, 0) is 18.2 Å². The predicted molar refractivity (Wildman–Crippen MR) is 41.1 cm³/mol. The molecule has 75 valence electrons. The van der Waals surface area contributed by atoms with Crippen LogP contribution in [-0.2, 0) is 6.18 Å². The van der Waals surface area contributed by atoms with E-state index in [4.69, 9.17) is 0 Å². The van der Waals surface area contributed by atoms with Gasteiger partial charge in [0.05, 0.1) is 5.56 Å². The normalized spacial score (nSPS) is 11.5. The molecule has 1 aromatic rings. The Hall–Kier alpha value is -1.39. The molecule has 1 aromatic carbocycles. The van der Waals surface area contributed by atoms with Crippen LogP contribution >= 0.6 is 0 Å². The number of benzene rings is 1. The Morgan fingerprint density at radius 2 is 1.86 bits per heavy atom. The molecule has 0 aromatic heterocycles. The van der Waals surface area contributed by atoms with E-state index >= 15 is 0 Å². The zero-order valence-corrected chi connectivity index (χ0v) is 6.86. The maximum Gasteiger partial charge on any atom is 0.419 e. The summed E-state index contributed by atoms with van der Waals surface area (Å²) in [5, 5.41) is 0. The van der Waals surface area contributed by atoms with Crippen LogP contribution in [0.25, 0.3) is 0 Å². The van der Waals surface area contributed by atoms with E-state index in [2.05, 4.69) is 6.92 Å². The highest BCUT2D eigenvalue weighted by Gasteiger charge is 2.34. The van der Waals surface area contributed by atoms with Crippen LogP contribution in [0, 0.1) is 12.7 Å². The fourth-order valence-electron chi connectivity index (χ4n) is 0.916. The highest BCUT2D eigenvalue weighted by Crippen LogP contribution is 2.31. The third kappa shape index (κ3) is 2.10. The van der Waals surface area contributed by atoms with Gasteiger partial charge in [-0.3, -0.25) is 4.79 Å². The van der Waals surface area contributed by atoms with E-state index < -0.39 is 23.3 Å². The van der Waals surface area contributed by atoms with Gasteiger partial charge < -0.3 is 0 Å². The van der Waals surface area contributed by atoms with Crippen LogP contribution in [0.1, 0.15) is 15.9 Å². The Kier molecular flexibility index (Phi) is 2.59. The van der Waals surface area contributed by atoms with Gasteiger partial charge in [-0.2, -0.15) is 13.2 Å². The minimum absolute atomic E-state index is 0.265. The fourth-order valence-corrected chi connectivity index (χ4v) is 0.916. The van der Waals surface area contributed by atoms with Gasteiger partial charge in [-0.25, -0.2) is 4.39 Å². The molecule has 0 aliphatic heterocycles. The van der Waals surface area contributed by atoms with Gasteiger partial charge in [0.15, 0.2) is 5.78 Å². The monoisotopic (exact) mass is 205 g/mol. The molecule has 0 amide bonds. The molecule has 14 heavy (non-hydrogen) atoms. The highest BCUT2D eigenvalue weighted by atomic mass is 19.4. The van der Waals surface area contributed by atoms with Crippen molar-refractivity contribution in [2.45, 2.75) is 6.18 Å². The van der Waals surface area contributed by atoms with Crippen molar-refractivity contribution in [2.24, 2.45) is 0 Å². The summed E-state index contributed by atoms with van der Waals surface area (Å²) >= 11 is 0. The topological polar surface area (TPSA) is 17.1 Å². The van der Waals surface area contributed by atoms with Crippen LogP contribution in [0.3, 0.4) is 0 Å². The average molecular weight is 205 g/mol. The van der Waals surface area contributed by atoms with Crippen molar-refractivity contribution in [1.82, 2.24) is 0 Å². The fraction of sp³-hybridized carbons (Fsp3) is 0.111. The molecule has 0 heterocycles. The lowest BCUT2D eigenvalue weighted by molar-refractivity contribution is -0.140. The van der Waals surface area contributed by atoms with Crippen LogP contribution < -0.4 is 0 Å². The smallest absolute Gasteiger partial charge is 0.294 e. The molecule has 0 saturated heterocycles. The standard InChI is InChI=1S/C9H5F4O/c1-5(14)6-2-3-8(10)7(4-6)9(11,12)13/h2-4H,1H2. The maximum absolute atomic E-state index is 12.7. The first-order chi connectivity index (χ1) is 6.32. The van der Waals surface area contributed by atoms with Gasteiger partial charge in [0.1, 0.15) is 5.82 Å². The number of halogens is 4. The van der Waals surface area contributed by atoms with Crippen molar-refractivity contribution in [3.63, 3.8) is 0 Å². The number of carbonyl (C=O) groups excluding carboxylic acids is 1. The molecule has 1 nitrogen and oxygen atoms in total. The summed E-state index contributed by atoms with van der Waals surface area (Å²) in [7, 11) is 0. The van der Waals surface area contributed by atoms with Crippen molar-refractivity contribution >= 4 is 5.78 Å². The molecule has 0 atom stereocenters. The van der Waals surface area contributed by atoms with Gasteiger partial charge >= 0.3 is 6.18 Å². The summed E-state index contributed by atoms with van der Waals surface area (Å²) in [6.07, 6.45) is -4.80. The van der Waals surface area contributed by atoms with Gasteiger partial charge in [-0.1, -0.05) is 0 Å². The Bertz CT molecular complexity index is 368. The first-order valence-corrected chi connectivity index (χ1v) is 3.55. The van der Waals surface area contributed by atoms with Crippen molar-refractivity contribution < 1.29 is 22.4 Å². The zero-order valence-electron chi connectivity index (χ0n) is 6.86. The molecular weight excluding hydrogens is 200 g/mol. The van der Waals surface area contributed by atoms with Crippen molar-refractivity contribution in [3.8, 4) is 0 Å². The Morgan fingerprint density at radius 3 is 2.29 bits per heavy atom. The molecular formula is C9H5F4O. The number of alkyl halides is 3. The second kappa shape index (κ2) is 3.40. The second-order valence-corrected chi connectivity index (χ2v) is 2.62. The summed E-state index contributed by atoms with van der Waals surface area (Å²) in [6, 6.07) is 2.01. The van der Waals surface area contributed by atoms with Gasteiger partial charge in [0, 0.05) is 12.5 Å². The van der Waals surface area contributed by atoms with Crippen LogP contribution in [0.2, 0.25) is 0 Å². The molecule has 1 radical (unpaired) electrons. The van der Waals surface area contributed by atoms with Gasteiger partial charge in [0.25, 0.3) is 0 Å². The van der Waals surface area contributed by atoms with Crippen LogP contribution in [0.15, 0.2) is 18.2 Å². The van der Waals surface area contributed by atoms with E-state index in [1.54, 1.807) is 0 Å². The lowest BCUT2D eigenvalue weighted by Gasteiger charge is -2.08. The van der Waals surface area contributed by atoms with E-state index in [-0.39, 0.29) is 5.56 Å². The van der Waals surface area contributed by atoms with E-state index in [1.807, 2.05) is 0 Å². The number of ketones is 1. The number of Topliss-reactive ketones (excluding diaryl/α,β-unsaturated/α-hetero) is 1. The Balaban J connectivity index is 3.29. The molecule has 5 heteroatoms. The Labute approximate surface area is 77.3 Å². The third-order valence-electron chi connectivity index (χ3n) is 1.59. The van der Waals surface area contributed by atoms with Crippen LogP contribution in [-0.4, -0.2) is 5.78 Å². The summed E-state index contributed by atoms with van der Waals surface area (Å²) in [5.74, 6) is -2.18. The molecule has 0 bridgehead atoms. The number of rotatable bonds is 1. The number of hydrogen-bond donors (Lipinski definition) is 0. The van der Waals surface area contributed by atoms with Gasteiger partial charge in [0.2, 0.25) is 0 Å². The minimum atomic E-state index is -4.80. The summed E-state index contributed by atoms with van der Waals surface area (Å²) in [6.45, 7) is 2.93. The van der Waals surface area contributed by atoms with Crippen molar-refractivity contribution in [3.05, 3.63) is 42.1 Å². The predicted octanol–water partition coefficient (Wildman–Crippen LogP) is 2.86. The van der Waals surface area contributed by atoms with Crippen LogP contribution in [0.5, 0.6) is 0 Å². The molecule has 0 unspecified atom stereocenters. The summed E-state index contributed by atoms with van der Waals surface area (Å²) in [5.41, 5.74) is -1.72. The van der Waals surface area contributed by atoms with E-state index in [1.165, 1.54) is 0 Å². The maximum atomic E-state index is 12.7. The second-order valence-electron chi connectivity index (χ2n) is 2.62. The minimum Gasteiger partial charge on any atom is -0.294 e. The van der Waals surface area contributed by atoms with E-state index in [0.717, 1.165) is 6.07 Å². The molecule has 1 rings (SSSR count). The number of carbonyl (C=O) groups is 1. The van der Waals surface area contributed by atoms with Gasteiger partial charge in [-0.15, -0.1) is 0 Å². The van der Waals surface area contributed by atoms with Crippen molar-refractivity contribution in [2.75, 3.05) is 0 Å². The molecule has 0 aliphatic carbocycles. The summed E-state index contributed by atoms with van der Waals surface area (Å²) in [4.78, 5) is 10.6. The molecule has 0 fully saturated rings. The van der Waals surface area contributed by atoms with Crippen molar-refractivity contribution in [1.29, 1.82) is 0 Å². The highest BCUT2D eigenvalue weighted by molar-refractivity contribution is 5.99. The molecule has 0 aliphatic rings. The molecule has 0 saturated carbocycles. The zero-order chi connectivity index (χ0) is 10.9. The lowest BCUT2D eigenvalue weighted by atomic mass is 10.1. The number of hydrogen-bond acceptors (Lipinski definition) is 1. The summed E-state index contributed by atoms with van der Waals surface area (Å²) < 4.78 is 49.0. The van der Waals surface area contributed by atoms with E-state index in [9.17, 15) is 22.4 Å². The quantitative estimate of drug-likeness (QED) is 0.509. The lowest BCUT2D eigenvalue weighted by Crippen LogP contribution is -2.09. The largest absolute Gasteiger partial charge is 0.419 e. The first kappa shape index (κ1) is 10.7. The average Bonchev–Trinajstić information content (AvgIpc) is 2.02. The van der Waals surface area contributed by atoms with E-state index in [0.29, 0.717) is 12.1 Å². The molecule has 0 spiro atoms. The van der Waals surface area contributed by atoms with Crippen LogP contribution in [0.4, 0.5) is 17.6 Å².